The first-order chi connectivity index (χ1) is 10.1. The van der Waals surface area contributed by atoms with E-state index in [0.717, 1.165) is 12.1 Å². The molecule has 0 bridgehead atoms. The fourth-order valence-electron chi connectivity index (χ4n) is 2.79. The average Bonchev–Trinajstić information content (AvgIpc) is 2.75. The lowest BCUT2D eigenvalue weighted by atomic mass is 10.1. The number of halogens is 1. The third-order valence-corrected chi connectivity index (χ3v) is 3.77. The molecule has 0 aromatic heterocycles. The Morgan fingerprint density at radius 2 is 2.10 bits per heavy atom. The van der Waals surface area contributed by atoms with Gasteiger partial charge in [0.05, 0.1) is 6.54 Å². The number of nitrogens with one attached hydrogen (secondary N) is 1. The lowest BCUT2D eigenvalue weighted by Crippen LogP contribution is -2.37. The van der Waals surface area contributed by atoms with E-state index in [4.69, 9.17) is 0 Å². The first kappa shape index (κ1) is 13.6. The zero-order valence-electron chi connectivity index (χ0n) is 11.8. The number of nitrogens with zero attached hydrogens (tertiary/aromatic N) is 1. The predicted molar refractivity (Wildman–Crippen MR) is 82.0 cm³/mol. The normalized spacial score (nSPS) is 16.7. The van der Waals surface area contributed by atoms with Crippen LogP contribution in [-0.2, 0) is 11.2 Å². The molecule has 0 aliphatic carbocycles. The highest BCUT2D eigenvalue weighted by Gasteiger charge is 2.26. The van der Waals surface area contributed by atoms with E-state index >= 15 is 0 Å². The van der Waals surface area contributed by atoms with Crippen LogP contribution >= 0.6 is 0 Å². The van der Waals surface area contributed by atoms with Crippen molar-refractivity contribution >= 4 is 17.3 Å². The molecular weight excluding hydrogens is 267 g/mol. The number of para-hydroxylation sites is 1. The average molecular weight is 284 g/mol. The zero-order chi connectivity index (χ0) is 14.8. The molecular formula is C17H17FN2O. The van der Waals surface area contributed by atoms with E-state index in [9.17, 15) is 9.18 Å². The van der Waals surface area contributed by atoms with Gasteiger partial charge in [-0.25, -0.2) is 4.39 Å². The minimum absolute atomic E-state index is 0.135. The van der Waals surface area contributed by atoms with Crippen LogP contribution in [0.5, 0.6) is 0 Å². The molecule has 0 fully saturated rings. The predicted octanol–water partition coefficient (Wildman–Crippen LogP) is 3.22. The Labute approximate surface area is 123 Å². The molecule has 1 amide bonds. The van der Waals surface area contributed by atoms with Crippen molar-refractivity contribution in [2.75, 3.05) is 16.8 Å². The van der Waals surface area contributed by atoms with E-state index in [0.29, 0.717) is 11.7 Å². The third kappa shape index (κ3) is 2.89. The highest BCUT2D eigenvalue weighted by atomic mass is 19.1. The van der Waals surface area contributed by atoms with Crippen molar-refractivity contribution in [2.45, 2.75) is 19.4 Å². The summed E-state index contributed by atoms with van der Waals surface area (Å²) < 4.78 is 13.1. The maximum absolute atomic E-state index is 13.1. The first-order valence-corrected chi connectivity index (χ1v) is 7.03. The second kappa shape index (κ2) is 5.56. The van der Waals surface area contributed by atoms with Crippen LogP contribution in [-0.4, -0.2) is 18.5 Å². The summed E-state index contributed by atoms with van der Waals surface area (Å²) in [5.74, 6) is -0.489. The highest BCUT2D eigenvalue weighted by Crippen LogP contribution is 2.31. The van der Waals surface area contributed by atoms with E-state index in [2.05, 4.69) is 23.2 Å². The van der Waals surface area contributed by atoms with Crippen LogP contribution in [0.1, 0.15) is 12.5 Å². The number of rotatable bonds is 3. The summed E-state index contributed by atoms with van der Waals surface area (Å²) in [4.78, 5) is 14.2. The summed E-state index contributed by atoms with van der Waals surface area (Å²) in [5.41, 5.74) is 2.86. The minimum Gasteiger partial charge on any atom is -0.359 e. The van der Waals surface area contributed by atoms with Gasteiger partial charge in [0.15, 0.2) is 0 Å². The first-order valence-electron chi connectivity index (χ1n) is 7.03. The molecule has 3 nitrogen and oxygen atoms in total. The highest BCUT2D eigenvalue weighted by molar-refractivity contribution is 5.94. The fourth-order valence-corrected chi connectivity index (χ4v) is 2.79. The van der Waals surface area contributed by atoms with Gasteiger partial charge in [-0.15, -0.1) is 0 Å². The van der Waals surface area contributed by atoms with Gasteiger partial charge in [-0.05, 0) is 43.2 Å². The van der Waals surface area contributed by atoms with Crippen molar-refractivity contribution in [1.82, 2.24) is 0 Å². The summed E-state index contributed by atoms with van der Waals surface area (Å²) in [7, 11) is 0. The molecule has 0 spiro atoms. The number of amides is 1. The minimum atomic E-state index is -0.354. The van der Waals surface area contributed by atoms with Crippen molar-refractivity contribution in [2.24, 2.45) is 0 Å². The van der Waals surface area contributed by atoms with Crippen LogP contribution in [0.25, 0.3) is 0 Å². The smallest absolute Gasteiger partial charge is 0.243 e. The van der Waals surface area contributed by atoms with Crippen LogP contribution in [0.3, 0.4) is 0 Å². The van der Waals surface area contributed by atoms with Crippen LogP contribution in [0, 0.1) is 5.82 Å². The molecule has 1 heterocycles. The summed E-state index contributed by atoms with van der Waals surface area (Å²) >= 11 is 0. The van der Waals surface area contributed by atoms with Gasteiger partial charge in [-0.3, -0.25) is 4.79 Å². The second-order valence-electron chi connectivity index (χ2n) is 5.37. The molecule has 0 saturated carbocycles. The summed E-state index contributed by atoms with van der Waals surface area (Å²) in [6.45, 7) is 2.38. The van der Waals surface area contributed by atoms with Gasteiger partial charge in [0, 0.05) is 17.4 Å². The molecule has 3 rings (SSSR count). The molecule has 1 N–H and O–H groups in total. The van der Waals surface area contributed by atoms with Crippen molar-refractivity contribution in [3.05, 3.63) is 59.9 Å². The standard InChI is InChI=1S/C17H17FN2O/c1-12-9-13-5-2-3-8-16(13)20(12)11-17(21)19-15-7-4-6-14(18)10-15/h2-8,10,12H,9,11H2,1H3,(H,19,21)/t12-/m1/s1. The molecule has 2 aromatic carbocycles. The van der Waals surface area contributed by atoms with E-state index in [1.807, 2.05) is 18.2 Å². The molecule has 0 unspecified atom stereocenters. The zero-order valence-corrected chi connectivity index (χ0v) is 11.8. The molecule has 1 aliphatic heterocycles. The molecule has 4 heteroatoms. The Bertz CT molecular complexity index is 671. The molecule has 0 radical (unpaired) electrons. The van der Waals surface area contributed by atoms with Gasteiger partial charge in [0.2, 0.25) is 5.91 Å². The van der Waals surface area contributed by atoms with E-state index in [1.54, 1.807) is 12.1 Å². The SMILES string of the molecule is C[C@@H]1Cc2ccccc2N1CC(=O)Nc1cccc(F)c1. The van der Waals surface area contributed by atoms with E-state index in [1.165, 1.54) is 17.7 Å². The number of fused-ring (bicyclic) bond motifs is 1. The monoisotopic (exact) mass is 284 g/mol. The van der Waals surface area contributed by atoms with Crippen molar-refractivity contribution < 1.29 is 9.18 Å². The van der Waals surface area contributed by atoms with Crippen molar-refractivity contribution in [1.29, 1.82) is 0 Å². The Morgan fingerprint density at radius 1 is 1.29 bits per heavy atom. The maximum Gasteiger partial charge on any atom is 0.243 e. The van der Waals surface area contributed by atoms with Crippen LogP contribution in [0.2, 0.25) is 0 Å². The van der Waals surface area contributed by atoms with Gasteiger partial charge in [0.1, 0.15) is 5.82 Å². The number of carbonyl (C=O) groups excluding carboxylic acids is 1. The number of anilines is 2. The van der Waals surface area contributed by atoms with Gasteiger partial charge in [0.25, 0.3) is 0 Å². The molecule has 108 valence electrons. The van der Waals surface area contributed by atoms with E-state index in [-0.39, 0.29) is 18.3 Å². The topological polar surface area (TPSA) is 32.3 Å². The quantitative estimate of drug-likeness (QED) is 0.938. The van der Waals surface area contributed by atoms with Crippen LogP contribution in [0.4, 0.5) is 15.8 Å². The summed E-state index contributed by atoms with van der Waals surface area (Å²) in [6, 6.07) is 14.4. The van der Waals surface area contributed by atoms with Crippen molar-refractivity contribution in [3.8, 4) is 0 Å². The number of benzene rings is 2. The van der Waals surface area contributed by atoms with Crippen LogP contribution in [0.15, 0.2) is 48.5 Å². The van der Waals surface area contributed by atoms with Crippen molar-refractivity contribution in [3.63, 3.8) is 0 Å². The molecule has 2 aromatic rings. The van der Waals surface area contributed by atoms with Gasteiger partial charge in [-0.1, -0.05) is 24.3 Å². The largest absolute Gasteiger partial charge is 0.359 e. The summed E-state index contributed by atoms with van der Waals surface area (Å²) in [5, 5.41) is 2.74. The second-order valence-corrected chi connectivity index (χ2v) is 5.37. The third-order valence-electron chi connectivity index (χ3n) is 3.77. The molecule has 21 heavy (non-hydrogen) atoms. The fraction of sp³-hybridized carbons (Fsp3) is 0.235. The Morgan fingerprint density at radius 3 is 2.90 bits per heavy atom. The molecule has 1 aliphatic rings. The molecule has 1 atom stereocenters. The lowest BCUT2D eigenvalue weighted by Gasteiger charge is -2.24. The van der Waals surface area contributed by atoms with Gasteiger partial charge >= 0.3 is 0 Å². The van der Waals surface area contributed by atoms with Crippen LogP contribution < -0.4 is 10.2 Å². The Kier molecular flexibility index (Phi) is 3.60. The van der Waals surface area contributed by atoms with Gasteiger partial charge in [-0.2, -0.15) is 0 Å². The maximum atomic E-state index is 13.1. The summed E-state index contributed by atoms with van der Waals surface area (Å²) in [6.07, 6.45) is 0.948. The molecule has 0 saturated heterocycles. The number of hydrogen-bond acceptors (Lipinski definition) is 2. The Hall–Kier alpha value is -2.36. The van der Waals surface area contributed by atoms with E-state index < -0.39 is 0 Å². The van der Waals surface area contributed by atoms with Gasteiger partial charge < -0.3 is 10.2 Å². The lowest BCUT2D eigenvalue weighted by molar-refractivity contribution is -0.115. The number of hydrogen-bond donors (Lipinski definition) is 1. The number of carbonyl (C=O) groups is 1. The Balaban J connectivity index is 1.70.